The fraction of sp³-hybridized carbons (Fsp3) is 0.278. The van der Waals surface area contributed by atoms with E-state index in [2.05, 4.69) is 22.4 Å². The predicted molar refractivity (Wildman–Crippen MR) is 95.3 cm³/mol. The van der Waals surface area contributed by atoms with Gasteiger partial charge in [-0.05, 0) is 24.6 Å². The second kappa shape index (κ2) is 9.92. The molecular weight excluding hydrogens is 322 g/mol. The lowest BCUT2D eigenvalue weighted by Gasteiger charge is -2.12. The normalized spacial score (nSPS) is 10.5. The van der Waals surface area contributed by atoms with E-state index < -0.39 is 6.09 Å². The Balaban J connectivity index is 1.90. The summed E-state index contributed by atoms with van der Waals surface area (Å²) in [7, 11) is 1.54. The van der Waals surface area contributed by atoms with Gasteiger partial charge in [0, 0.05) is 29.7 Å². The van der Waals surface area contributed by atoms with Crippen LogP contribution in [0.15, 0.2) is 47.9 Å². The summed E-state index contributed by atoms with van der Waals surface area (Å²) in [5.74, 6) is 1.16. The molecule has 0 radical (unpaired) electrons. The first-order chi connectivity index (χ1) is 12.2. The molecule has 0 aliphatic heterocycles. The fourth-order valence-corrected chi connectivity index (χ4v) is 1.92. The number of unbranched alkanes of at least 4 members (excludes halogenated alkanes) is 1. The Hall–Kier alpha value is -3.09. The highest BCUT2D eigenvalue weighted by Gasteiger charge is 2.08. The minimum atomic E-state index is -0.707. The third-order valence-electron chi connectivity index (χ3n) is 3.19. The number of benzene rings is 1. The molecule has 1 aromatic heterocycles. The highest BCUT2D eigenvalue weighted by Crippen LogP contribution is 2.30. The van der Waals surface area contributed by atoms with Crippen molar-refractivity contribution < 1.29 is 19.1 Å². The van der Waals surface area contributed by atoms with Crippen molar-refractivity contribution in [1.29, 1.82) is 0 Å². The molecule has 1 N–H and O–H groups in total. The van der Waals surface area contributed by atoms with Crippen molar-refractivity contribution in [1.82, 2.24) is 4.98 Å². The number of carbonyl (C=O) groups excluding carboxylic acids is 1. The zero-order chi connectivity index (χ0) is 17.9. The lowest BCUT2D eigenvalue weighted by molar-refractivity contribution is 0.167. The van der Waals surface area contributed by atoms with E-state index in [9.17, 15) is 4.79 Å². The number of hydrogen-bond acceptors (Lipinski definition) is 6. The van der Waals surface area contributed by atoms with Gasteiger partial charge in [0.25, 0.3) is 0 Å². The SMILES string of the molecule is CCCCOc1ccc(NC(=O)ON=Cc2cccnc2)cc1OC. The van der Waals surface area contributed by atoms with Crippen LogP contribution in [0.1, 0.15) is 25.3 Å². The highest BCUT2D eigenvalue weighted by atomic mass is 16.7. The van der Waals surface area contributed by atoms with E-state index in [-0.39, 0.29) is 0 Å². The van der Waals surface area contributed by atoms with Crippen LogP contribution in [0.4, 0.5) is 10.5 Å². The van der Waals surface area contributed by atoms with Gasteiger partial charge in [-0.3, -0.25) is 15.1 Å². The maximum absolute atomic E-state index is 11.8. The number of anilines is 1. The van der Waals surface area contributed by atoms with Gasteiger partial charge >= 0.3 is 6.09 Å². The van der Waals surface area contributed by atoms with E-state index in [0.29, 0.717) is 23.8 Å². The van der Waals surface area contributed by atoms with Crippen LogP contribution in [0.25, 0.3) is 0 Å². The third kappa shape index (κ3) is 6.14. The number of pyridine rings is 1. The van der Waals surface area contributed by atoms with Crippen LogP contribution < -0.4 is 14.8 Å². The minimum absolute atomic E-state index is 0.515. The molecule has 0 saturated carbocycles. The summed E-state index contributed by atoms with van der Waals surface area (Å²) in [6.07, 6.45) is 5.96. The number of nitrogens with one attached hydrogen (secondary N) is 1. The Morgan fingerprint density at radius 2 is 2.20 bits per heavy atom. The van der Waals surface area contributed by atoms with Gasteiger partial charge in [-0.2, -0.15) is 0 Å². The van der Waals surface area contributed by atoms with E-state index in [4.69, 9.17) is 14.3 Å². The molecule has 1 heterocycles. The molecule has 0 bridgehead atoms. The van der Waals surface area contributed by atoms with Crippen LogP contribution in [-0.2, 0) is 4.84 Å². The number of nitrogens with zero attached hydrogens (tertiary/aromatic N) is 2. The molecule has 0 saturated heterocycles. The molecule has 1 amide bonds. The van der Waals surface area contributed by atoms with Gasteiger partial charge in [-0.25, -0.2) is 4.79 Å². The number of amides is 1. The predicted octanol–water partition coefficient (Wildman–Crippen LogP) is 3.85. The number of rotatable bonds is 8. The Labute approximate surface area is 146 Å². The summed E-state index contributed by atoms with van der Waals surface area (Å²) in [6.45, 7) is 2.71. The highest BCUT2D eigenvalue weighted by molar-refractivity contribution is 5.86. The Bertz CT molecular complexity index is 705. The summed E-state index contributed by atoms with van der Waals surface area (Å²) in [6, 6.07) is 8.66. The van der Waals surface area contributed by atoms with Crippen molar-refractivity contribution in [3.05, 3.63) is 48.3 Å². The van der Waals surface area contributed by atoms with Crippen LogP contribution in [0.2, 0.25) is 0 Å². The molecule has 0 atom stereocenters. The molecule has 0 fully saturated rings. The number of carbonyl (C=O) groups is 1. The lowest BCUT2D eigenvalue weighted by atomic mass is 10.2. The molecule has 0 unspecified atom stereocenters. The third-order valence-corrected chi connectivity index (χ3v) is 3.19. The van der Waals surface area contributed by atoms with Crippen LogP contribution in [0.3, 0.4) is 0 Å². The molecule has 25 heavy (non-hydrogen) atoms. The number of ether oxygens (including phenoxy) is 2. The van der Waals surface area contributed by atoms with Crippen LogP contribution in [0, 0.1) is 0 Å². The zero-order valence-corrected chi connectivity index (χ0v) is 14.3. The molecule has 2 aromatic rings. The van der Waals surface area contributed by atoms with Crippen molar-refractivity contribution in [2.75, 3.05) is 19.0 Å². The quantitative estimate of drug-likeness (QED) is 0.341. The maximum atomic E-state index is 11.8. The minimum Gasteiger partial charge on any atom is -0.493 e. The fourth-order valence-electron chi connectivity index (χ4n) is 1.92. The molecule has 2 rings (SSSR count). The zero-order valence-electron chi connectivity index (χ0n) is 14.3. The van der Waals surface area contributed by atoms with Crippen molar-refractivity contribution in [2.45, 2.75) is 19.8 Å². The van der Waals surface area contributed by atoms with Crippen LogP contribution in [0.5, 0.6) is 11.5 Å². The summed E-state index contributed by atoms with van der Waals surface area (Å²) in [5, 5.41) is 6.19. The molecular formula is C18H21N3O4. The van der Waals surface area contributed by atoms with Crippen LogP contribution in [-0.4, -0.2) is 31.0 Å². The molecule has 7 nitrogen and oxygen atoms in total. The van der Waals surface area contributed by atoms with Crippen LogP contribution >= 0.6 is 0 Å². The van der Waals surface area contributed by atoms with Crippen molar-refractivity contribution in [3.8, 4) is 11.5 Å². The number of hydrogen-bond donors (Lipinski definition) is 1. The number of oxime groups is 1. The van der Waals surface area contributed by atoms with E-state index >= 15 is 0 Å². The largest absolute Gasteiger partial charge is 0.493 e. The van der Waals surface area contributed by atoms with Gasteiger partial charge in [0.2, 0.25) is 0 Å². The maximum Gasteiger partial charge on any atom is 0.437 e. The first-order valence-corrected chi connectivity index (χ1v) is 7.95. The van der Waals surface area contributed by atoms with E-state index in [0.717, 1.165) is 18.4 Å². The first-order valence-electron chi connectivity index (χ1n) is 7.95. The summed E-state index contributed by atoms with van der Waals surface area (Å²) in [4.78, 5) is 20.4. The van der Waals surface area contributed by atoms with Gasteiger partial charge in [-0.1, -0.05) is 24.6 Å². The van der Waals surface area contributed by atoms with E-state index in [1.165, 1.54) is 6.21 Å². The Morgan fingerprint density at radius 3 is 2.92 bits per heavy atom. The van der Waals surface area contributed by atoms with E-state index in [1.807, 2.05) is 0 Å². The number of methoxy groups -OCH3 is 1. The second-order valence-corrected chi connectivity index (χ2v) is 5.09. The average Bonchev–Trinajstić information content (AvgIpc) is 2.63. The average molecular weight is 343 g/mol. The monoisotopic (exact) mass is 343 g/mol. The molecule has 7 heteroatoms. The number of aromatic nitrogens is 1. The van der Waals surface area contributed by atoms with Gasteiger partial charge in [-0.15, -0.1) is 0 Å². The second-order valence-electron chi connectivity index (χ2n) is 5.09. The van der Waals surface area contributed by atoms with E-state index in [1.54, 1.807) is 49.8 Å². The van der Waals surface area contributed by atoms with Crippen molar-refractivity contribution in [2.24, 2.45) is 5.16 Å². The molecule has 0 aliphatic rings. The van der Waals surface area contributed by atoms with Crippen molar-refractivity contribution >= 4 is 18.0 Å². The topological polar surface area (TPSA) is 82.0 Å². The van der Waals surface area contributed by atoms with Gasteiger partial charge in [0.05, 0.1) is 19.9 Å². The first kappa shape index (κ1) is 18.3. The molecule has 132 valence electrons. The Morgan fingerprint density at radius 1 is 1.32 bits per heavy atom. The molecule has 0 spiro atoms. The summed E-state index contributed by atoms with van der Waals surface area (Å²) >= 11 is 0. The standard InChI is InChI=1S/C18H21N3O4/c1-3-4-10-24-16-8-7-15(11-17(16)23-2)21-18(22)25-20-13-14-6-5-9-19-12-14/h5-9,11-13H,3-4,10H2,1-2H3,(H,21,22). The smallest absolute Gasteiger partial charge is 0.437 e. The lowest BCUT2D eigenvalue weighted by Crippen LogP contribution is -2.11. The summed E-state index contributed by atoms with van der Waals surface area (Å²) in [5.41, 5.74) is 1.24. The van der Waals surface area contributed by atoms with Gasteiger partial charge in [0.15, 0.2) is 11.5 Å². The Kier molecular flexibility index (Phi) is 7.24. The molecule has 1 aromatic carbocycles. The molecule has 0 aliphatic carbocycles. The van der Waals surface area contributed by atoms with Crippen molar-refractivity contribution in [3.63, 3.8) is 0 Å². The van der Waals surface area contributed by atoms with Gasteiger partial charge < -0.3 is 9.47 Å². The summed E-state index contributed by atoms with van der Waals surface area (Å²) < 4.78 is 10.9. The van der Waals surface area contributed by atoms with Gasteiger partial charge in [0.1, 0.15) is 0 Å².